The number of carbonyl (C=O) groups is 2. The van der Waals surface area contributed by atoms with Crippen molar-refractivity contribution in [3.8, 4) is 5.75 Å². The number of hydroxylamine groups is 1. The normalized spacial score (nSPS) is 9.67. The zero-order valence-corrected chi connectivity index (χ0v) is 10.2. The Kier molecular flexibility index (Phi) is 5.22. The number of carbonyl (C=O) groups excluding carboxylic acids is 1. The Labute approximate surface area is 108 Å². The summed E-state index contributed by atoms with van der Waals surface area (Å²) in [5.41, 5.74) is 2.33. The molecule has 0 atom stereocenters. The Morgan fingerprint density at radius 1 is 1.44 bits per heavy atom. The number of hydrogen-bond acceptors (Lipinski definition) is 4. The lowest BCUT2D eigenvalue weighted by Gasteiger charge is -2.08. The molecule has 0 heterocycles. The van der Waals surface area contributed by atoms with Gasteiger partial charge in [0.05, 0.1) is 12.1 Å². The number of carboxylic acid groups (broad SMARTS) is 1. The van der Waals surface area contributed by atoms with E-state index in [1.807, 2.05) is 5.48 Å². The van der Waals surface area contributed by atoms with E-state index in [0.717, 1.165) is 0 Å². The number of urea groups is 1. The minimum Gasteiger partial charge on any atom is -0.495 e. The number of ether oxygens (including phenoxy) is 1. The summed E-state index contributed by atoms with van der Waals surface area (Å²) in [7, 11) is 1.45. The van der Waals surface area contributed by atoms with Crippen LogP contribution < -0.4 is 15.5 Å². The predicted octanol–water partition coefficient (Wildman–Crippen LogP) is 1.49. The van der Waals surface area contributed by atoms with Crippen molar-refractivity contribution >= 4 is 29.3 Å². The summed E-state index contributed by atoms with van der Waals surface area (Å²) in [5, 5.41) is 11.1. The molecule has 0 aliphatic heterocycles. The second kappa shape index (κ2) is 6.67. The van der Waals surface area contributed by atoms with Gasteiger partial charge in [0.25, 0.3) is 0 Å². The van der Waals surface area contributed by atoms with Crippen LogP contribution in [-0.2, 0) is 9.63 Å². The van der Waals surface area contributed by atoms with Gasteiger partial charge in [-0.25, -0.2) is 15.1 Å². The standard InChI is InChI=1S/C10H11ClN2O5/c1-17-8-4-6(2-3-7(8)11)12-10(16)13-18-5-9(14)15/h2-4H,5H2,1H3,(H,14,15)(H2,12,13,16). The SMILES string of the molecule is COc1cc(NC(=O)NOCC(=O)O)ccc1Cl. The Morgan fingerprint density at radius 2 is 2.17 bits per heavy atom. The minimum absolute atomic E-state index is 0.404. The van der Waals surface area contributed by atoms with Gasteiger partial charge in [0.15, 0.2) is 6.61 Å². The molecule has 1 rings (SSSR count). The Hall–Kier alpha value is -1.99. The number of aliphatic carboxylic acids is 1. The molecule has 7 nitrogen and oxygen atoms in total. The van der Waals surface area contributed by atoms with E-state index in [4.69, 9.17) is 21.4 Å². The molecule has 0 bridgehead atoms. The number of hydrogen-bond donors (Lipinski definition) is 3. The first-order valence-corrected chi connectivity index (χ1v) is 5.15. The van der Waals surface area contributed by atoms with Crippen molar-refractivity contribution in [3.63, 3.8) is 0 Å². The summed E-state index contributed by atoms with van der Waals surface area (Å²) < 4.78 is 4.97. The van der Waals surface area contributed by atoms with E-state index in [1.165, 1.54) is 13.2 Å². The summed E-state index contributed by atoms with van der Waals surface area (Å²) in [5.74, 6) is -0.788. The number of nitrogens with one attached hydrogen (secondary N) is 2. The van der Waals surface area contributed by atoms with Crippen LogP contribution in [0.15, 0.2) is 18.2 Å². The predicted molar refractivity (Wildman–Crippen MR) is 63.7 cm³/mol. The van der Waals surface area contributed by atoms with Crippen LogP contribution in [-0.4, -0.2) is 30.8 Å². The summed E-state index contributed by atoms with van der Waals surface area (Å²) in [6.45, 7) is -0.628. The molecule has 0 unspecified atom stereocenters. The van der Waals surface area contributed by atoms with Gasteiger partial charge in [-0.3, -0.25) is 4.84 Å². The van der Waals surface area contributed by atoms with Gasteiger partial charge < -0.3 is 15.2 Å². The highest BCUT2D eigenvalue weighted by Gasteiger charge is 2.06. The molecule has 1 aromatic rings. The highest BCUT2D eigenvalue weighted by molar-refractivity contribution is 6.32. The number of benzene rings is 1. The van der Waals surface area contributed by atoms with Crippen LogP contribution in [0.25, 0.3) is 0 Å². The minimum atomic E-state index is -1.19. The van der Waals surface area contributed by atoms with Gasteiger partial charge in [0.2, 0.25) is 0 Å². The van der Waals surface area contributed by atoms with E-state index in [9.17, 15) is 9.59 Å². The maximum atomic E-state index is 11.3. The molecule has 0 aromatic heterocycles. The van der Waals surface area contributed by atoms with E-state index in [0.29, 0.717) is 16.5 Å². The molecule has 3 N–H and O–H groups in total. The molecule has 0 aliphatic rings. The van der Waals surface area contributed by atoms with Crippen LogP contribution >= 0.6 is 11.6 Å². The van der Waals surface area contributed by atoms with Crippen LogP contribution in [0.1, 0.15) is 0 Å². The molecule has 0 fully saturated rings. The number of halogens is 1. The van der Waals surface area contributed by atoms with Crippen molar-refractivity contribution < 1.29 is 24.3 Å². The Bertz CT molecular complexity index is 452. The van der Waals surface area contributed by atoms with E-state index in [2.05, 4.69) is 10.2 Å². The maximum absolute atomic E-state index is 11.3. The smallest absolute Gasteiger partial charge is 0.343 e. The molecular formula is C10H11ClN2O5. The molecule has 0 saturated carbocycles. The van der Waals surface area contributed by atoms with Crippen molar-refractivity contribution in [1.29, 1.82) is 0 Å². The van der Waals surface area contributed by atoms with E-state index < -0.39 is 18.6 Å². The Balaban J connectivity index is 2.51. The molecule has 0 spiro atoms. The Morgan fingerprint density at radius 3 is 2.78 bits per heavy atom. The number of rotatable bonds is 5. The first-order valence-electron chi connectivity index (χ1n) is 4.77. The monoisotopic (exact) mass is 274 g/mol. The van der Waals surface area contributed by atoms with Crippen LogP contribution in [0.4, 0.5) is 10.5 Å². The lowest BCUT2D eigenvalue weighted by Crippen LogP contribution is -2.30. The van der Waals surface area contributed by atoms with Gasteiger partial charge in [-0.2, -0.15) is 0 Å². The molecule has 0 radical (unpaired) electrons. The molecule has 2 amide bonds. The molecule has 1 aromatic carbocycles. The maximum Gasteiger partial charge on any atom is 0.343 e. The zero-order chi connectivity index (χ0) is 13.5. The van der Waals surface area contributed by atoms with Crippen LogP contribution in [0.2, 0.25) is 5.02 Å². The number of methoxy groups -OCH3 is 1. The van der Waals surface area contributed by atoms with Gasteiger partial charge in [0.1, 0.15) is 5.75 Å². The van der Waals surface area contributed by atoms with Crippen LogP contribution in [0.3, 0.4) is 0 Å². The fourth-order valence-corrected chi connectivity index (χ4v) is 1.25. The summed E-state index contributed by atoms with van der Waals surface area (Å²) in [6, 6.07) is 3.91. The first kappa shape index (κ1) is 14.1. The van der Waals surface area contributed by atoms with Crippen LogP contribution in [0.5, 0.6) is 5.75 Å². The molecule has 0 saturated heterocycles. The largest absolute Gasteiger partial charge is 0.495 e. The van der Waals surface area contributed by atoms with Gasteiger partial charge in [-0.1, -0.05) is 11.6 Å². The zero-order valence-electron chi connectivity index (χ0n) is 9.40. The van der Waals surface area contributed by atoms with Crippen molar-refractivity contribution in [1.82, 2.24) is 5.48 Å². The van der Waals surface area contributed by atoms with Gasteiger partial charge in [-0.15, -0.1) is 0 Å². The first-order chi connectivity index (χ1) is 8.52. The average molecular weight is 275 g/mol. The van der Waals surface area contributed by atoms with Gasteiger partial charge in [-0.05, 0) is 12.1 Å². The fraction of sp³-hybridized carbons (Fsp3) is 0.200. The van der Waals surface area contributed by atoms with Crippen molar-refractivity contribution in [2.45, 2.75) is 0 Å². The average Bonchev–Trinajstić information content (AvgIpc) is 2.31. The van der Waals surface area contributed by atoms with Crippen molar-refractivity contribution in [3.05, 3.63) is 23.2 Å². The van der Waals surface area contributed by atoms with Crippen molar-refractivity contribution in [2.75, 3.05) is 19.0 Å². The lowest BCUT2D eigenvalue weighted by molar-refractivity contribution is -0.143. The summed E-state index contributed by atoms with van der Waals surface area (Å²) >= 11 is 5.81. The molecule has 98 valence electrons. The second-order valence-electron chi connectivity index (χ2n) is 3.09. The van der Waals surface area contributed by atoms with Gasteiger partial charge >= 0.3 is 12.0 Å². The summed E-state index contributed by atoms with van der Waals surface area (Å²) in [6.07, 6.45) is 0. The molecule has 18 heavy (non-hydrogen) atoms. The highest BCUT2D eigenvalue weighted by atomic mass is 35.5. The summed E-state index contributed by atoms with van der Waals surface area (Å²) in [4.78, 5) is 25.8. The van der Waals surface area contributed by atoms with E-state index >= 15 is 0 Å². The molecule has 8 heteroatoms. The number of amides is 2. The highest BCUT2D eigenvalue weighted by Crippen LogP contribution is 2.27. The third-order valence-corrected chi connectivity index (χ3v) is 2.08. The third kappa shape index (κ3) is 4.48. The van der Waals surface area contributed by atoms with E-state index in [-0.39, 0.29) is 0 Å². The quantitative estimate of drug-likeness (QED) is 0.707. The fourth-order valence-electron chi connectivity index (χ4n) is 1.06. The second-order valence-corrected chi connectivity index (χ2v) is 3.50. The topological polar surface area (TPSA) is 96.9 Å². The van der Waals surface area contributed by atoms with Crippen molar-refractivity contribution in [2.24, 2.45) is 0 Å². The molecular weight excluding hydrogens is 264 g/mol. The lowest BCUT2D eigenvalue weighted by atomic mass is 10.3. The van der Waals surface area contributed by atoms with Crippen LogP contribution in [0, 0.1) is 0 Å². The third-order valence-electron chi connectivity index (χ3n) is 1.77. The number of carboxylic acids is 1. The number of anilines is 1. The van der Waals surface area contributed by atoms with Gasteiger partial charge in [0, 0.05) is 11.8 Å². The van der Waals surface area contributed by atoms with E-state index in [1.54, 1.807) is 12.1 Å². The molecule has 0 aliphatic carbocycles.